The lowest BCUT2D eigenvalue weighted by Gasteiger charge is -2.24. The summed E-state index contributed by atoms with van der Waals surface area (Å²) in [6.07, 6.45) is 0. The molecule has 40 heavy (non-hydrogen) atoms. The van der Waals surface area contributed by atoms with E-state index in [1.54, 1.807) is 0 Å². The van der Waals surface area contributed by atoms with Gasteiger partial charge in [0.2, 0.25) is 5.78 Å². The number of aromatic nitrogens is 2. The molecular weight excluding hydrogens is 530 g/mol. The second-order valence-electron chi connectivity index (χ2n) is 8.63. The van der Waals surface area contributed by atoms with Crippen LogP contribution in [0.5, 0.6) is 0 Å². The van der Waals surface area contributed by atoms with Crippen LogP contribution in [0.15, 0.2) is 12.1 Å². The van der Waals surface area contributed by atoms with Crippen LogP contribution in [0.4, 0.5) is 0 Å². The molecule has 0 radical (unpaired) electrons. The number of methoxy groups -OCH3 is 2. The summed E-state index contributed by atoms with van der Waals surface area (Å²) in [6.45, 7) is 2.86. The largest absolute Gasteiger partial charge is 0.465 e. The van der Waals surface area contributed by atoms with E-state index >= 15 is 0 Å². The van der Waals surface area contributed by atoms with Crippen LogP contribution in [0, 0.1) is 0 Å². The molecule has 214 valence electrons. The summed E-state index contributed by atoms with van der Waals surface area (Å²) in [6, 6.07) is 2.36. The number of ketones is 2. The second-order valence-corrected chi connectivity index (χ2v) is 8.63. The molecule has 0 aromatic carbocycles. The molecule has 4 rings (SSSR count). The van der Waals surface area contributed by atoms with Crippen molar-refractivity contribution in [3.8, 4) is 11.3 Å². The zero-order valence-corrected chi connectivity index (χ0v) is 22.1. The van der Waals surface area contributed by atoms with Crippen molar-refractivity contribution in [1.29, 1.82) is 0 Å². The van der Waals surface area contributed by atoms with E-state index in [1.165, 1.54) is 17.0 Å². The highest BCUT2D eigenvalue weighted by Crippen LogP contribution is 2.36. The summed E-state index contributed by atoms with van der Waals surface area (Å²) in [4.78, 5) is 72.9. The highest BCUT2D eigenvalue weighted by molar-refractivity contribution is 6.53. The molecule has 1 aliphatic carbocycles. The Labute approximate surface area is 228 Å². The van der Waals surface area contributed by atoms with Gasteiger partial charge in [0.1, 0.15) is 17.1 Å². The standard InChI is InChI=1S/C26H29N3O11/c1-35-25(33)15-13-17(24(32)29-3-5-37-7-9-39-11-12-40-10-8-38-6-4-29)27-21-19(15)20-16(22(30)23(21)31)14-18(28-20)26(34)36-2/h13-14,28H,3-12H2,1-2H3. The van der Waals surface area contributed by atoms with Crippen molar-refractivity contribution < 1.29 is 52.4 Å². The van der Waals surface area contributed by atoms with Gasteiger partial charge in [-0.25, -0.2) is 14.6 Å². The van der Waals surface area contributed by atoms with Gasteiger partial charge in [0, 0.05) is 18.7 Å². The van der Waals surface area contributed by atoms with Crippen LogP contribution in [0.25, 0.3) is 11.3 Å². The molecule has 0 atom stereocenters. The van der Waals surface area contributed by atoms with Crippen molar-refractivity contribution in [3.63, 3.8) is 0 Å². The monoisotopic (exact) mass is 559 g/mol. The lowest BCUT2D eigenvalue weighted by atomic mass is 9.88. The summed E-state index contributed by atoms with van der Waals surface area (Å²) in [5.41, 5.74) is -1.12. The Morgan fingerprint density at radius 1 is 0.800 bits per heavy atom. The van der Waals surface area contributed by atoms with Gasteiger partial charge in [0.25, 0.3) is 11.7 Å². The van der Waals surface area contributed by atoms with Crippen molar-refractivity contribution in [2.24, 2.45) is 0 Å². The third-order valence-electron chi connectivity index (χ3n) is 6.20. The number of Topliss-reactive ketones (excluding diaryl/α,β-unsaturated/α-hetero) is 2. The molecular formula is C26H29N3O11. The molecule has 2 aromatic heterocycles. The number of hydrogen-bond donors (Lipinski definition) is 1. The van der Waals surface area contributed by atoms with Crippen molar-refractivity contribution in [2.75, 3.05) is 80.2 Å². The molecule has 3 heterocycles. The highest BCUT2D eigenvalue weighted by Gasteiger charge is 2.39. The lowest BCUT2D eigenvalue weighted by Crippen LogP contribution is -2.38. The Hall–Kier alpha value is -3.98. The number of rotatable bonds is 3. The Bertz CT molecular complexity index is 1290. The number of carbonyl (C=O) groups is 5. The van der Waals surface area contributed by atoms with E-state index in [9.17, 15) is 24.0 Å². The number of ether oxygens (including phenoxy) is 6. The van der Waals surface area contributed by atoms with Gasteiger partial charge in [-0.05, 0) is 12.1 Å². The minimum Gasteiger partial charge on any atom is -0.465 e. The van der Waals surface area contributed by atoms with Crippen LogP contribution in [-0.4, -0.2) is 124 Å². The molecule has 14 heteroatoms. The van der Waals surface area contributed by atoms with Gasteiger partial charge < -0.3 is 38.3 Å². The maximum Gasteiger partial charge on any atom is 0.354 e. The maximum atomic E-state index is 13.6. The first-order valence-electron chi connectivity index (χ1n) is 12.5. The molecule has 2 aliphatic rings. The molecule has 1 aliphatic heterocycles. The molecule has 1 fully saturated rings. The first-order valence-corrected chi connectivity index (χ1v) is 12.5. The van der Waals surface area contributed by atoms with Crippen LogP contribution in [0.2, 0.25) is 0 Å². The van der Waals surface area contributed by atoms with E-state index < -0.39 is 35.1 Å². The maximum absolute atomic E-state index is 13.6. The van der Waals surface area contributed by atoms with Crippen LogP contribution < -0.4 is 0 Å². The van der Waals surface area contributed by atoms with Gasteiger partial charge >= 0.3 is 11.9 Å². The molecule has 1 saturated heterocycles. The van der Waals surface area contributed by atoms with Crippen molar-refractivity contribution >= 4 is 29.4 Å². The van der Waals surface area contributed by atoms with E-state index in [4.69, 9.17) is 28.4 Å². The normalized spacial score (nSPS) is 17.2. The number of nitrogens with one attached hydrogen (secondary N) is 1. The van der Waals surface area contributed by atoms with Crippen LogP contribution in [0.1, 0.15) is 52.2 Å². The fourth-order valence-electron chi connectivity index (χ4n) is 4.21. The number of esters is 2. The summed E-state index contributed by atoms with van der Waals surface area (Å²) >= 11 is 0. The summed E-state index contributed by atoms with van der Waals surface area (Å²) in [5.74, 6) is -4.28. The zero-order chi connectivity index (χ0) is 28.6. The van der Waals surface area contributed by atoms with Crippen molar-refractivity contribution in [1.82, 2.24) is 14.9 Å². The Morgan fingerprint density at radius 3 is 1.90 bits per heavy atom. The average molecular weight is 560 g/mol. The Kier molecular flexibility index (Phi) is 9.71. The topological polar surface area (TPSA) is 173 Å². The van der Waals surface area contributed by atoms with Gasteiger partial charge in [-0.15, -0.1) is 0 Å². The number of aromatic amines is 1. The van der Waals surface area contributed by atoms with Crippen molar-refractivity contribution in [2.45, 2.75) is 0 Å². The number of amides is 1. The van der Waals surface area contributed by atoms with Crippen LogP contribution in [0.3, 0.4) is 0 Å². The molecule has 1 amide bonds. The number of nitrogens with zero attached hydrogens (tertiary/aromatic N) is 2. The van der Waals surface area contributed by atoms with Crippen LogP contribution in [-0.2, 0) is 28.4 Å². The minimum atomic E-state index is -1.04. The Morgan fingerprint density at radius 2 is 1.35 bits per heavy atom. The molecule has 0 saturated carbocycles. The predicted molar refractivity (Wildman–Crippen MR) is 135 cm³/mol. The number of hydrogen-bond acceptors (Lipinski definition) is 12. The minimum absolute atomic E-state index is 0.0207. The summed E-state index contributed by atoms with van der Waals surface area (Å²) in [7, 11) is 2.29. The average Bonchev–Trinajstić information content (AvgIpc) is 3.42. The predicted octanol–water partition coefficient (Wildman–Crippen LogP) is 0.551. The summed E-state index contributed by atoms with van der Waals surface area (Å²) < 4.78 is 31.5. The second kappa shape index (κ2) is 13.4. The van der Waals surface area contributed by atoms with Gasteiger partial charge in [-0.3, -0.25) is 14.4 Å². The third kappa shape index (κ3) is 6.25. The van der Waals surface area contributed by atoms with Gasteiger partial charge in [-0.2, -0.15) is 0 Å². The fraction of sp³-hybridized carbons (Fsp3) is 0.462. The number of fused-ring (bicyclic) bond motifs is 3. The van der Waals surface area contributed by atoms with E-state index in [2.05, 4.69) is 9.97 Å². The van der Waals surface area contributed by atoms with Crippen molar-refractivity contribution in [3.05, 3.63) is 40.3 Å². The SMILES string of the molecule is COC(=O)c1cc2c([nH]1)-c1c(C(=O)OC)cc(C(=O)N3CCOCCOCCOCCOCC3)nc1C(=O)C2=O. The molecule has 0 unspecified atom stereocenters. The molecule has 0 spiro atoms. The number of pyridine rings is 1. The molecule has 0 bridgehead atoms. The first kappa shape index (κ1) is 29.0. The number of carbonyl (C=O) groups excluding carboxylic acids is 5. The quantitative estimate of drug-likeness (QED) is 0.409. The lowest BCUT2D eigenvalue weighted by molar-refractivity contribution is 0.00206. The molecule has 14 nitrogen and oxygen atoms in total. The zero-order valence-electron chi connectivity index (χ0n) is 22.1. The molecule has 1 N–H and O–H groups in total. The Balaban J connectivity index is 1.70. The van der Waals surface area contributed by atoms with E-state index in [-0.39, 0.29) is 60.1 Å². The smallest absolute Gasteiger partial charge is 0.354 e. The third-order valence-corrected chi connectivity index (χ3v) is 6.20. The fourth-order valence-corrected chi connectivity index (χ4v) is 4.21. The van der Waals surface area contributed by atoms with Crippen LogP contribution >= 0.6 is 0 Å². The van der Waals surface area contributed by atoms with E-state index in [0.29, 0.717) is 39.6 Å². The van der Waals surface area contributed by atoms with E-state index in [0.717, 1.165) is 14.2 Å². The molecule has 2 aromatic rings. The van der Waals surface area contributed by atoms with Gasteiger partial charge in [0.05, 0.1) is 83.9 Å². The van der Waals surface area contributed by atoms with Gasteiger partial charge in [0.15, 0.2) is 0 Å². The van der Waals surface area contributed by atoms with Gasteiger partial charge in [-0.1, -0.05) is 0 Å². The number of H-pyrrole nitrogens is 1. The first-order chi connectivity index (χ1) is 19.4. The van der Waals surface area contributed by atoms with E-state index in [1.807, 2.05) is 0 Å². The highest BCUT2D eigenvalue weighted by atomic mass is 16.6. The summed E-state index contributed by atoms with van der Waals surface area (Å²) in [5, 5.41) is 0.